The molecule has 27 heavy (non-hydrogen) atoms. The highest BCUT2D eigenvalue weighted by Gasteiger charge is 2.68. The molecule has 142 valence electrons. The van der Waals surface area contributed by atoms with Crippen LogP contribution in [0.5, 0.6) is 0 Å². The summed E-state index contributed by atoms with van der Waals surface area (Å²) in [4.78, 5) is 14.2. The first-order chi connectivity index (χ1) is 12.9. The van der Waals surface area contributed by atoms with Crippen LogP contribution in [0.1, 0.15) is 18.4 Å². The average molecular weight is 386 g/mol. The lowest BCUT2D eigenvalue weighted by Gasteiger charge is -2.69. The number of nitrogens with zero attached hydrogens (tertiary/aromatic N) is 2. The molecule has 2 aliphatic heterocycles. The number of rotatable bonds is 4. The zero-order chi connectivity index (χ0) is 19.2. The Morgan fingerprint density at radius 2 is 1.63 bits per heavy atom. The van der Waals surface area contributed by atoms with Crippen molar-refractivity contribution in [3.8, 4) is 0 Å². The van der Waals surface area contributed by atoms with Crippen LogP contribution in [0, 0.1) is 0 Å². The maximum atomic E-state index is 12.9. The molecule has 7 heteroatoms. The molecule has 2 aromatic carbocycles. The highest BCUT2D eigenvalue weighted by Crippen LogP contribution is 2.54. The summed E-state index contributed by atoms with van der Waals surface area (Å²) in [7, 11) is -3.60. The summed E-state index contributed by atoms with van der Waals surface area (Å²) in [6.45, 7) is 1.80. The molecule has 1 N–H and O–H groups in total. The van der Waals surface area contributed by atoms with Crippen molar-refractivity contribution in [1.29, 1.82) is 0 Å². The summed E-state index contributed by atoms with van der Waals surface area (Å²) in [5, 5.41) is 9.87. The molecule has 2 atom stereocenters. The van der Waals surface area contributed by atoms with E-state index in [9.17, 15) is 18.3 Å². The fourth-order valence-electron chi connectivity index (χ4n) is 4.66. The van der Waals surface area contributed by atoms with Gasteiger partial charge in [-0.1, -0.05) is 48.5 Å². The van der Waals surface area contributed by atoms with E-state index in [4.69, 9.17) is 0 Å². The number of carbonyl (C=O) groups excluding carboxylic acids is 1. The number of sulfonamides is 1. The zero-order valence-corrected chi connectivity index (χ0v) is 15.8. The molecule has 1 amide bonds. The van der Waals surface area contributed by atoms with E-state index in [0.29, 0.717) is 0 Å². The van der Waals surface area contributed by atoms with E-state index in [1.54, 1.807) is 35.2 Å². The molecule has 2 saturated heterocycles. The summed E-state index contributed by atoms with van der Waals surface area (Å²) in [5.74, 6) is -0.229. The molecule has 0 radical (unpaired) electrons. The second-order valence-corrected chi connectivity index (χ2v) is 9.15. The average Bonchev–Trinajstić information content (AvgIpc) is 2.61. The molecule has 0 saturated carbocycles. The van der Waals surface area contributed by atoms with Crippen LogP contribution in [0.25, 0.3) is 0 Å². The van der Waals surface area contributed by atoms with E-state index >= 15 is 0 Å². The fraction of sp³-hybridized carbons (Fsp3) is 0.350. The Bertz CT molecular complexity index is 940. The summed E-state index contributed by atoms with van der Waals surface area (Å²) in [6.07, 6.45) is 0. The van der Waals surface area contributed by atoms with Crippen molar-refractivity contribution >= 4 is 15.9 Å². The number of hydrogen-bond donors (Lipinski definition) is 1. The predicted octanol–water partition coefficient (Wildman–Crippen LogP) is 1.44. The minimum absolute atomic E-state index is 0.0881. The Kier molecular flexibility index (Phi) is 4.33. The maximum absolute atomic E-state index is 12.9. The Labute approximate surface area is 159 Å². The normalized spacial score (nSPS) is 24.3. The first-order valence-electron chi connectivity index (χ1n) is 8.93. The summed E-state index contributed by atoms with van der Waals surface area (Å²) in [5.41, 5.74) is 0.424. The minimum Gasteiger partial charge on any atom is -0.394 e. The van der Waals surface area contributed by atoms with Gasteiger partial charge in [0.2, 0.25) is 15.9 Å². The first kappa shape index (κ1) is 18.2. The molecular weight excluding hydrogens is 364 g/mol. The number of benzene rings is 2. The second-order valence-electron chi connectivity index (χ2n) is 7.22. The van der Waals surface area contributed by atoms with Crippen molar-refractivity contribution in [3.05, 3.63) is 66.2 Å². The van der Waals surface area contributed by atoms with Crippen LogP contribution < -0.4 is 0 Å². The molecule has 0 unspecified atom stereocenters. The Morgan fingerprint density at radius 1 is 1.07 bits per heavy atom. The maximum Gasteiger partial charge on any atom is 0.243 e. The van der Waals surface area contributed by atoms with Gasteiger partial charge in [0.1, 0.15) is 0 Å². The van der Waals surface area contributed by atoms with Crippen molar-refractivity contribution in [1.82, 2.24) is 9.21 Å². The van der Waals surface area contributed by atoms with E-state index in [-0.39, 0.29) is 42.5 Å². The van der Waals surface area contributed by atoms with Gasteiger partial charge in [-0.3, -0.25) is 4.79 Å². The molecule has 2 aliphatic rings. The third kappa shape index (κ3) is 2.61. The van der Waals surface area contributed by atoms with E-state index in [2.05, 4.69) is 0 Å². The largest absolute Gasteiger partial charge is 0.394 e. The number of carbonyl (C=O) groups is 1. The van der Waals surface area contributed by atoms with Crippen LogP contribution >= 0.6 is 0 Å². The van der Waals surface area contributed by atoms with E-state index in [1.807, 2.05) is 30.3 Å². The number of likely N-dealkylation sites (tertiary alicyclic amines) is 1. The van der Waals surface area contributed by atoms with Crippen molar-refractivity contribution in [2.45, 2.75) is 29.3 Å². The molecule has 2 fully saturated rings. The topological polar surface area (TPSA) is 77.9 Å². The third-order valence-corrected chi connectivity index (χ3v) is 7.55. The van der Waals surface area contributed by atoms with Gasteiger partial charge in [0.05, 0.1) is 23.1 Å². The van der Waals surface area contributed by atoms with Gasteiger partial charge in [-0.2, -0.15) is 4.31 Å². The van der Waals surface area contributed by atoms with Crippen LogP contribution in [0.4, 0.5) is 0 Å². The third-order valence-electron chi connectivity index (χ3n) is 5.74. The number of aliphatic hydroxyl groups is 1. The highest BCUT2D eigenvalue weighted by atomic mass is 32.2. The Hall–Kier alpha value is -2.22. The molecule has 1 spiro atoms. The molecular formula is C20H22N2O4S. The van der Waals surface area contributed by atoms with Crippen LogP contribution in [0.15, 0.2) is 65.6 Å². The molecule has 2 heterocycles. The van der Waals surface area contributed by atoms with Crippen molar-refractivity contribution in [3.63, 3.8) is 0 Å². The second kappa shape index (κ2) is 6.44. The van der Waals surface area contributed by atoms with Gasteiger partial charge in [-0.25, -0.2) is 8.42 Å². The molecule has 0 aliphatic carbocycles. The number of amides is 1. The van der Waals surface area contributed by atoms with Gasteiger partial charge >= 0.3 is 0 Å². The fourth-order valence-corrected chi connectivity index (χ4v) is 6.24. The van der Waals surface area contributed by atoms with E-state index < -0.39 is 15.6 Å². The summed E-state index contributed by atoms with van der Waals surface area (Å²) >= 11 is 0. The quantitative estimate of drug-likeness (QED) is 0.863. The van der Waals surface area contributed by atoms with Gasteiger partial charge in [0.25, 0.3) is 0 Å². The van der Waals surface area contributed by atoms with Crippen molar-refractivity contribution in [2.75, 3.05) is 19.7 Å². The summed E-state index contributed by atoms with van der Waals surface area (Å²) in [6, 6.07) is 17.7. The van der Waals surface area contributed by atoms with E-state index in [0.717, 1.165) is 5.56 Å². The zero-order valence-electron chi connectivity index (χ0n) is 15.0. The monoisotopic (exact) mass is 386 g/mol. The molecule has 6 nitrogen and oxygen atoms in total. The Morgan fingerprint density at radius 3 is 2.15 bits per heavy atom. The van der Waals surface area contributed by atoms with Gasteiger partial charge < -0.3 is 10.0 Å². The van der Waals surface area contributed by atoms with Gasteiger partial charge in [-0.15, -0.1) is 0 Å². The van der Waals surface area contributed by atoms with Crippen LogP contribution in [-0.2, 0) is 14.8 Å². The standard InChI is InChI=1S/C20H22N2O4S/c1-15(24)22-18(12-23)19(16-8-4-2-5-9-16)20(22)13-21(14-20)27(25,26)17-10-6-3-7-11-17/h2-11,18-19,23H,12-14H2,1H3/t18-,19+/m0/s1. The smallest absolute Gasteiger partial charge is 0.243 e. The molecule has 4 rings (SSSR count). The SMILES string of the molecule is CC(=O)N1[C@@H](CO)[C@@H](c2ccccc2)C12CN(S(=O)(=O)c1ccccc1)C2. The van der Waals surface area contributed by atoms with Gasteiger partial charge in [-0.05, 0) is 17.7 Å². The van der Waals surface area contributed by atoms with Crippen LogP contribution in [0.3, 0.4) is 0 Å². The molecule has 2 aromatic rings. The minimum atomic E-state index is -3.60. The summed E-state index contributed by atoms with van der Waals surface area (Å²) < 4.78 is 27.2. The highest BCUT2D eigenvalue weighted by molar-refractivity contribution is 7.89. The molecule has 0 bridgehead atoms. The van der Waals surface area contributed by atoms with Gasteiger partial charge in [0.15, 0.2) is 0 Å². The first-order valence-corrected chi connectivity index (χ1v) is 10.4. The lowest BCUT2D eigenvalue weighted by molar-refractivity contribution is -0.187. The van der Waals surface area contributed by atoms with Crippen LogP contribution in [-0.4, -0.2) is 59.9 Å². The Balaban J connectivity index is 1.66. The number of aliphatic hydroxyl groups excluding tert-OH is 1. The lowest BCUT2D eigenvalue weighted by Crippen LogP contribution is -2.85. The lowest BCUT2D eigenvalue weighted by atomic mass is 9.61. The predicted molar refractivity (Wildman–Crippen MR) is 101 cm³/mol. The van der Waals surface area contributed by atoms with E-state index in [1.165, 1.54) is 11.2 Å². The number of hydrogen-bond acceptors (Lipinski definition) is 4. The van der Waals surface area contributed by atoms with Crippen molar-refractivity contribution < 1.29 is 18.3 Å². The van der Waals surface area contributed by atoms with Gasteiger partial charge in [0, 0.05) is 25.9 Å². The van der Waals surface area contributed by atoms with Crippen LogP contribution in [0.2, 0.25) is 0 Å². The van der Waals surface area contributed by atoms with Crippen molar-refractivity contribution in [2.24, 2.45) is 0 Å². The molecule has 0 aromatic heterocycles.